The smallest absolute Gasteiger partial charge is 0.326 e. The van der Waals surface area contributed by atoms with Crippen LogP contribution in [0.25, 0.3) is 10.2 Å². The van der Waals surface area contributed by atoms with E-state index in [-0.39, 0.29) is 24.8 Å². The lowest BCUT2D eigenvalue weighted by Gasteiger charge is -2.06. The van der Waals surface area contributed by atoms with Gasteiger partial charge in [0.15, 0.2) is 4.80 Å². The van der Waals surface area contributed by atoms with Gasteiger partial charge in [0.05, 0.1) is 23.2 Å². The topological polar surface area (TPSA) is 60.7 Å². The number of benzene rings is 2. The summed E-state index contributed by atoms with van der Waals surface area (Å²) >= 11 is 3.06. The standard InChI is InChI=1S/C23H26N2O3S2/c1-5-28-22(27)14-25-19-11-10-18(29-4)13-20(19)30-23(25)24-21(26)12-16-6-8-17(9-7-16)15(2)3/h6-11,13,15H,5,12,14H2,1-4H3. The Morgan fingerprint density at radius 3 is 2.53 bits per heavy atom. The minimum absolute atomic E-state index is 0.0294. The molecular weight excluding hydrogens is 416 g/mol. The van der Waals surface area contributed by atoms with Gasteiger partial charge in [0.1, 0.15) is 6.54 Å². The summed E-state index contributed by atoms with van der Waals surface area (Å²) in [5.74, 6) is -0.128. The third-order valence-electron chi connectivity index (χ3n) is 4.70. The van der Waals surface area contributed by atoms with Crippen LogP contribution in [-0.2, 0) is 27.3 Å². The largest absolute Gasteiger partial charge is 0.465 e. The van der Waals surface area contributed by atoms with Crippen LogP contribution in [0.1, 0.15) is 37.8 Å². The number of rotatable bonds is 7. The number of ether oxygens (including phenoxy) is 1. The predicted octanol–water partition coefficient (Wildman–Crippen LogP) is 4.78. The first kappa shape index (κ1) is 22.3. The average molecular weight is 443 g/mol. The van der Waals surface area contributed by atoms with Gasteiger partial charge in [-0.1, -0.05) is 49.4 Å². The third-order valence-corrected chi connectivity index (χ3v) is 6.47. The Balaban J connectivity index is 1.94. The van der Waals surface area contributed by atoms with Crippen molar-refractivity contribution in [3.05, 3.63) is 58.4 Å². The summed E-state index contributed by atoms with van der Waals surface area (Å²) in [6.45, 7) is 6.40. The lowest BCUT2D eigenvalue weighted by Crippen LogP contribution is -2.23. The molecule has 5 nitrogen and oxygen atoms in total. The van der Waals surface area contributed by atoms with Crippen LogP contribution in [0, 0.1) is 0 Å². The van der Waals surface area contributed by atoms with Crippen molar-refractivity contribution < 1.29 is 14.3 Å². The first-order valence-corrected chi connectivity index (χ1v) is 11.9. The van der Waals surface area contributed by atoms with E-state index in [4.69, 9.17) is 4.74 Å². The Morgan fingerprint density at radius 1 is 1.17 bits per heavy atom. The van der Waals surface area contributed by atoms with Gasteiger partial charge in [-0.05, 0) is 48.4 Å². The van der Waals surface area contributed by atoms with Crippen LogP contribution >= 0.6 is 23.1 Å². The highest BCUT2D eigenvalue weighted by molar-refractivity contribution is 7.98. The van der Waals surface area contributed by atoms with E-state index in [9.17, 15) is 9.59 Å². The van der Waals surface area contributed by atoms with Crippen molar-refractivity contribution in [3.8, 4) is 0 Å². The van der Waals surface area contributed by atoms with Crippen molar-refractivity contribution in [3.63, 3.8) is 0 Å². The highest BCUT2D eigenvalue weighted by Crippen LogP contribution is 2.24. The molecule has 0 fully saturated rings. The third kappa shape index (κ3) is 5.40. The molecule has 1 aromatic heterocycles. The summed E-state index contributed by atoms with van der Waals surface area (Å²) in [5.41, 5.74) is 3.04. The second kappa shape index (κ2) is 10.1. The van der Waals surface area contributed by atoms with E-state index >= 15 is 0 Å². The molecular formula is C23H26N2O3S2. The molecule has 3 rings (SSSR count). The van der Waals surface area contributed by atoms with Crippen molar-refractivity contribution in [1.29, 1.82) is 0 Å². The maximum Gasteiger partial charge on any atom is 0.326 e. The highest BCUT2D eigenvalue weighted by Gasteiger charge is 2.13. The molecule has 2 aromatic carbocycles. The Bertz CT molecular complexity index is 1110. The first-order chi connectivity index (χ1) is 14.4. The van der Waals surface area contributed by atoms with Crippen molar-refractivity contribution in [1.82, 2.24) is 4.57 Å². The van der Waals surface area contributed by atoms with Crippen LogP contribution in [0.4, 0.5) is 0 Å². The molecule has 0 saturated carbocycles. The van der Waals surface area contributed by atoms with Gasteiger partial charge in [-0.15, -0.1) is 11.8 Å². The van der Waals surface area contributed by atoms with E-state index in [1.807, 2.05) is 30.5 Å². The molecule has 30 heavy (non-hydrogen) atoms. The first-order valence-electron chi connectivity index (χ1n) is 9.90. The molecule has 1 amide bonds. The molecule has 0 N–H and O–H groups in total. The van der Waals surface area contributed by atoms with Gasteiger partial charge in [0, 0.05) is 4.90 Å². The fourth-order valence-electron chi connectivity index (χ4n) is 3.10. The summed E-state index contributed by atoms with van der Waals surface area (Å²) in [7, 11) is 0. The second-order valence-corrected chi connectivity index (χ2v) is 9.08. The Hall–Kier alpha value is -2.38. The van der Waals surface area contributed by atoms with E-state index in [0.29, 0.717) is 17.3 Å². The quantitative estimate of drug-likeness (QED) is 0.390. The van der Waals surface area contributed by atoms with Crippen LogP contribution in [0.5, 0.6) is 0 Å². The van der Waals surface area contributed by atoms with E-state index < -0.39 is 0 Å². The number of nitrogens with zero attached hydrogens (tertiary/aromatic N) is 2. The summed E-state index contributed by atoms with van der Waals surface area (Å²) in [5, 5.41) is 0. The number of amides is 1. The van der Waals surface area contributed by atoms with Crippen LogP contribution in [-0.4, -0.2) is 29.3 Å². The number of thioether (sulfide) groups is 1. The molecule has 158 valence electrons. The van der Waals surface area contributed by atoms with Gasteiger partial charge in [-0.25, -0.2) is 0 Å². The summed E-state index contributed by atoms with van der Waals surface area (Å²) in [4.78, 5) is 30.8. The maximum atomic E-state index is 12.7. The van der Waals surface area contributed by atoms with Gasteiger partial charge in [-0.2, -0.15) is 4.99 Å². The molecule has 0 atom stereocenters. The molecule has 0 radical (unpaired) electrons. The normalized spacial score (nSPS) is 12.0. The van der Waals surface area contributed by atoms with Crippen LogP contribution in [0.15, 0.2) is 52.4 Å². The van der Waals surface area contributed by atoms with Gasteiger partial charge < -0.3 is 9.30 Å². The van der Waals surface area contributed by atoms with Crippen LogP contribution in [0.3, 0.4) is 0 Å². The van der Waals surface area contributed by atoms with Crippen molar-refractivity contribution in [2.24, 2.45) is 4.99 Å². The Kier molecular flexibility index (Phi) is 7.50. The monoisotopic (exact) mass is 442 g/mol. The SMILES string of the molecule is CCOC(=O)Cn1c(=NC(=O)Cc2ccc(C(C)C)cc2)sc2cc(SC)ccc21. The van der Waals surface area contributed by atoms with Crippen molar-refractivity contribution in [2.45, 2.75) is 44.6 Å². The molecule has 0 bridgehead atoms. The maximum absolute atomic E-state index is 12.7. The number of fused-ring (bicyclic) bond motifs is 1. The molecule has 0 aliphatic rings. The molecule has 3 aromatic rings. The molecule has 7 heteroatoms. The zero-order valence-corrected chi connectivity index (χ0v) is 19.3. The summed E-state index contributed by atoms with van der Waals surface area (Å²) in [6.07, 6.45) is 2.24. The number of esters is 1. The highest BCUT2D eigenvalue weighted by atomic mass is 32.2. The number of thiazole rings is 1. The van der Waals surface area contributed by atoms with E-state index in [0.717, 1.165) is 20.7 Å². The predicted molar refractivity (Wildman–Crippen MR) is 123 cm³/mol. The van der Waals surface area contributed by atoms with Crippen LogP contribution in [0.2, 0.25) is 0 Å². The van der Waals surface area contributed by atoms with Gasteiger partial charge in [0.2, 0.25) is 0 Å². The minimum atomic E-state index is -0.343. The fraction of sp³-hybridized carbons (Fsp3) is 0.348. The lowest BCUT2D eigenvalue weighted by molar-refractivity contribution is -0.143. The van der Waals surface area contributed by atoms with E-state index in [1.54, 1.807) is 23.3 Å². The second-order valence-electron chi connectivity index (χ2n) is 7.19. The number of carbonyl (C=O) groups excluding carboxylic acids is 2. The summed E-state index contributed by atoms with van der Waals surface area (Å²) < 4.78 is 7.86. The number of hydrogen-bond acceptors (Lipinski definition) is 5. The zero-order valence-electron chi connectivity index (χ0n) is 17.7. The minimum Gasteiger partial charge on any atom is -0.465 e. The molecule has 0 spiro atoms. The molecule has 0 aliphatic carbocycles. The number of aromatic nitrogens is 1. The fourth-order valence-corrected chi connectivity index (χ4v) is 4.70. The average Bonchev–Trinajstić information content (AvgIpc) is 3.04. The lowest BCUT2D eigenvalue weighted by atomic mass is 10.0. The molecule has 0 saturated heterocycles. The molecule has 0 aliphatic heterocycles. The Labute approximate surface area is 184 Å². The zero-order chi connectivity index (χ0) is 21.7. The van der Waals surface area contributed by atoms with Crippen LogP contribution < -0.4 is 4.80 Å². The molecule has 0 unspecified atom stereocenters. The van der Waals surface area contributed by atoms with Gasteiger partial charge >= 0.3 is 5.97 Å². The van der Waals surface area contributed by atoms with E-state index in [2.05, 4.69) is 37.0 Å². The van der Waals surface area contributed by atoms with Crippen molar-refractivity contribution in [2.75, 3.05) is 12.9 Å². The summed E-state index contributed by atoms with van der Waals surface area (Å²) in [6, 6.07) is 14.1. The van der Waals surface area contributed by atoms with E-state index in [1.165, 1.54) is 16.9 Å². The Morgan fingerprint density at radius 2 is 1.90 bits per heavy atom. The van der Waals surface area contributed by atoms with Crippen molar-refractivity contribution >= 4 is 45.2 Å². The van der Waals surface area contributed by atoms with Gasteiger partial charge in [0.25, 0.3) is 5.91 Å². The molecule has 1 heterocycles. The van der Waals surface area contributed by atoms with Gasteiger partial charge in [-0.3, -0.25) is 9.59 Å². The number of hydrogen-bond donors (Lipinski definition) is 0. The number of carbonyl (C=O) groups is 2.